The molecule has 2 aliphatic heterocycles. The first kappa shape index (κ1) is 15.9. The molecule has 3 atom stereocenters. The van der Waals surface area contributed by atoms with Crippen molar-refractivity contribution >= 4 is 23.3 Å². The monoisotopic (exact) mass is 341 g/mol. The number of amides is 2. The highest BCUT2D eigenvalue weighted by Crippen LogP contribution is 2.34. The molecule has 7 heteroatoms. The lowest BCUT2D eigenvalue weighted by Crippen LogP contribution is -2.69. The van der Waals surface area contributed by atoms with Crippen LogP contribution < -0.4 is 10.7 Å². The second kappa shape index (κ2) is 6.38. The largest absolute Gasteiger partial charge is 0.325 e. The fourth-order valence-electron chi connectivity index (χ4n) is 4.24. The molecular formula is C18H23N5O2. The zero-order valence-electron chi connectivity index (χ0n) is 14.3. The van der Waals surface area contributed by atoms with E-state index in [-0.39, 0.29) is 30.4 Å². The summed E-state index contributed by atoms with van der Waals surface area (Å²) in [7, 11) is 0. The third-order valence-electron chi connectivity index (χ3n) is 5.34. The summed E-state index contributed by atoms with van der Waals surface area (Å²) in [6, 6.07) is 9.65. The van der Waals surface area contributed by atoms with Crippen LogP contribution in [0.1, 0.15) is 32.6 Å². The number of anilines is 1. The van der Waals surface area contributed by atoms with E-state index < -0.39 is 6.17 Å². The number of hydrogen-bond acceptors (Lipinski definition) is 5. The number of piperazine rings is 1. The van der Waals surface area contributed by atoms with Gasteiger partial charge in [-0.25, -0.2) is 0 Å². The quantitative estimate of drug-likeness (QED) is 0.870. The van der Waals surface area contributed by atoms with E-state index in [2.05, 4.69) is 20.7 Å². The van der Waals surface area contributed by atoms with E-state index in [0.717, 1.165) is 37.2 Å². The number of carbonyl (C=O) groups excluding carboxylic acids is 2. The number of hydrazone groups is 1. The van der Waals surface area contributed by atoms with Crippen LogP contribution in [-0.2, 0) is 9.59 Å². The van der Waals surface area contributed by atoms with Gasteiger partial charge in [0.15, 0.2) is 6.17 Å². The zero-order chi connectivity index (χ0) is 17.4. The maximum Gasteiger partial charge on any atom is 0.268 e. The summed E-state index contributed by atoms with van der Waals surface area (Å²) in [5.74, 6) is 0.642. The topological polar surface area (TPSA) is 77.0 Å². The predicted octanol–water partition coefficient (Wildman–Crippen LogP) is 1.34. The molecule has 2 amide bonds. The van der Waals surface area contributed by atoms with Crippen LogP contribution in [0.15, 0.2) is 35.4 Å². The molecule has 3 aliphatic rings. The maximum atomic E-state index is 13.0. The Morgan fingerprint density at radius 2 is 1.96 bits per heavy atom. The number of nitrogens with zero attached hydrogens (tertiary/aromatic N) is 3. The minimum Gasteiger partial charge on any atom is -0.325 e. The molecule has 1 aromatic carbocycles. The van der Waals surface area contributed by atoms with Crippen LogP contribution in [0, 0.1) is 0 Å². The van der Waals surface area contributed by atoms with Crippen molar-refractivity contribution in [1.82, 2.24) is 15.2 Å². The smallest absolute Gasteiger partial charge is 0.268 e. The number of para-hydroxylation sites is 1. The number of hydrogen-bond donors (Lipinski definition) is 2. The van der Waals surface area contributed by atoms with Crippen molar-refractivity contribution in [3.05, 3.63) is 30.3 Å². The third kappa shape index (κ3) is 2.83. The highest BCUT2D eigenvalue weighted by molar-refractivity contribution is 5.97. The normalized spacial score (nSPS) is 28.0. The number of nitrogens with one attached hydrogen (secondary N) is 2. The van der Waals surface area contributed by atoms with Crippen LogP contribution in [-0.4, -0.2) is 52.2 Å². The van der Waals surface area contributed by atoms with Gasteiger partial charge in [0.1, 0.15) is 12.4 Å². The van der Waals surface area contributed by atoms with Crippen LogP contribution in [0.4, 0.5) is 5.69 Å². The Hall–Kier alpha value is -2.57. The molecule has 0 spiro atoms. The van der Waals surface area contributed by atoms with E-state index in [1.807, 2.05) is 37.3 Å². The van der Waals surface area contributed by atoms with Gasteiger partial charge in [-0.2, -0.15) is 5.10 Å². The van der Waals surface area contributed by atoms with E-state index >= 15 is 0 Å². The average molecular weight is 341 g/mol. The molecule has 25 heavy (non-hydrogen) atoms. The molecule has 2 heterocycles. The molecule has 132 valence electrons. The van der Waals surface area contributed by atoms with Crippen molar-refractivity contribution in [2.45, 2.75) is 50.9 Å². The summed E-state index contributed by atoms with van der Waals surface area (Å²) in [6.07, 6.45) is 3.73. The van der Waals surface area contributed by atoms with Crippen LogP contribution in [0.2, 0.25) is 0 Å². The van der Waals surface area contributed by atoms with Gasteiger partial charge in [-0.15, -0.1) is 0 Å². The Labute approximate surface area is 147 Å². The lowest BCUT2D eigenvalue weighted by atomic mass is 9.85. The Morgan fingerprint density at radius 3 is 2.72 bits per heavy atom. The SMILES string of the molecule is CC1=NNC2C(=O)N(CC(=O)Nc3ccccc3)C3CCCCC3N12. The summed E-state index contributed by atoms with van der Waals surface area (Å²) in [5.41, 5.74) is 3.68. The van der Waals surface area contributed by atoms with Gasteiger partial charge in [-0.1, -0.05) is 31.0 Å². The van der Waals surface area contributed by atoms with E-state index in [1.54, 1.807) is 4.90 Å². The highest BCUT2D eigenvalue weighted by Gasteiger charge is 2.50. The van der Waals surface area contributed by atoms with Gasteiger partial charge in [0, 0.05) is 5.69 Å². The molecule has 4 rings (SSSR count). The number of fused-ring (bicyclic) bond motifs is 3. The molecule has 1 saturated carbocycles. The van der Waals surface area contributed by atoms with Crippen LogP contribution in [0.5, 0.6) is 0 Å². The predicted molar refractivity (Wildman–Crippen MR) is 94.7 cm³/mol. The van der Waals surface area contributed by atoms with Crippen molar-refractivity contribution in [1.29, 1.82) is 0 Å². The second-order valence-electron chi connectivity index (χ2n) is 6.90. The standard InChI is InChI=1S/C18H23N5O2/c1-12-20-21-17-18(25)22(14-9-5-6-10-15(14)23(12)17)11-16(24)19-13-7-3-2-4-8-13/h2-4,7-8,14-15,17,21H,5-6,9-11H2,1H3,(H,19,24). The molecule has 1 aromatic rings. The summed E-state index contributed by atoms with van der Waals surface area (Å²) < 4.78 is 0. The Morgan fingerprint density at radius 1 is 1.24 bits per heavy atom. The number of carbonyl (C=O) groups is 2. The summed E-state index contributed by atoms with van der Waals surface area (Å²) >= 11 is 0. The van der Waals surface area contributed by atoms with Gasteiger partial charge >= 0.3 is 0 Å². The van der Waals surface area contributed by atoms with Gasteiger partial charge in [0.25, 0.3) is 5.91 Å². The molecule has 1 saturated heterocycles. The molecule has 0 aromatic heterocycles. The first-order valence-electron chi connectivity index (χ1n) is 8.88. The van der Waals surface area contributed by atoms with Crippen LogP contribution >= 0.6 is 0 Å². The Balaban J connectivity index is 1.52. The average Bonchev–Trinajstić information content (AvgIpc) is 3.01. The van der Waals surface area contributed by atoms with Crippen molar-refractivity contribution < 1.29 is 9.59 Å². The number of rotatable bonds is 3. The maximum absolute atomic E-state index is 13.0. The fraction of sp³-hybridized carbons (Fsp3) is 0.500. The van der Waals surface area contributed by atoms with Crippen molar-refractivity contribution in [2.75, 3.05) is 11.9 Å². The van der Waals surface area contributed by atoms with E-state index in [0.29, 0.717) is 0 Å². The van der Waals surface area contributed by atoms with Gasteiger partial charge in [-0.3, -0.25) is 15.0 Å². The molecule has 3 unspecified atom stereocenters. The third-order valence-corrected chi connectivity index (χ3v) is 5.34. The first-order valence-corrected chi connectivity index (χ1v) is 8.88. The second-order valence-corrected chi connectivity index (χ2v) is 6.90. The zero-order valence-corrected chi connectivity index (χ0v) is 14.3. The van der Waals surface area contributed by atoms with E-state index in [1.165, 1.54) is 0 Å². The first-order chi connectivity index (χ1) is 12.1. The lowest BCUT2D eigenvalue weighted by molar-refractivity contribution is -0.151. The van der Waals surface area contributed by atoms with Crippen LogP contribution in [0.3, 0.4) is 0 Å². The van der Waals surface area contributed by atoms with E-state index in [4.69, 9.17) is 0 Å². The van der Waals surface area contributed by atoms with Crippen LogP contribution in [0.25, 0.3) is 0 Å². The Bertz CT molecular complexity index is 705. The minimum atomic E-state index is -0.469. The van der Waals surface area contributed by atoms with E-state index in [9.17, 15) is 9.59 Å². The van der Waals surface area contributed by atoms with Gasteiger partial charge in [-0.05, 0) is 31.9 Å². The fourth-order valence-corrected chi connectivity index (χ4v) is 4.24. The Kier molecular flexibility index (Phi) is 4.07. The summed E-state index contributed by atoms with van der Waals surface area (Å²) in [4.78, 5) is 29.3. The van der Waals surface area contributed by atoms with Gasteiger partial charge in [0.05, 0.1) is 12.1 Å². The lowest BCUT2D eigenvalue weighted by Gasteiger charge is -2.50. The van der Waals surface area contributed by atoms with Crippen molar-refractivity contribution in [2.24, 2.45) is 5.10 Å². The van der Waals surface area contributed by atoms with Gasteiger partial charge in [0.2, 0.25) is 5.91 Å². The summed E-state index contributed by atoms with van der Waals surface area (Å²) in [5, 5.41) is 7.13. The molecule has 7 nitrogen and oxygen atoms in total. The molecule has 2 N–H and O–H groups in total. The number of amidine groups is 1. The molecule has 0 bridgehead atoms. The molecular weight excluding hydrogens is 318 g/mol. The summed E-state index contributed by atoms with van der Waals surface area (Å²) in [6.45, 7) is 2.02. The molecule has 1 aliphatic carbocycles. The number of benzene rings is 1. The molecule has 2 fully saturated rings. The van der Waals surface area contributed by atoms with Crippen molar-refractivity contribution in [3.63, 3.8) is 0 Å². The molecule has 0 radical (unpaired) electrons. The van der Waals surface area contributed by atoms with Crippen molar-refractivity contribution in [3.8, 4) is 0 Å². The minimum absolute atomic E-state index is 0.0630. The highest BCUT2D eigenvalue weighted by atomic mass is 16.2. The van der Waals surface area contributed by atoms with Gasteiger partial charge < -0.3 is 15.1 Å².